The van der Waals surface area contributed by atoms with Gasteiger partial charge in [0.2, 0.25) is 5.89 Å². The highest BCUT2D eigenvalue weighted by Crippen LogP contribution is 2.24. The van der Waals surface area contributed by atoms with Gasteiger partial charge in [-0.05, 0) is 31.5 Å². The average molecular weight is 449 g/mol. The molecule has 0 fully saturated rings. The monoisotopic (exact) mass is 448 g/mol. The minimum absolute atomic E-state index is 0.178. The van der Waals surface area contributed by atoms with E-state index in [0.717, 1.165) is 46.1 Å². The molecule has 2 heterocycles. The van der Waals surface area contributed by atoms with E-state index in [-0.39, 0.29) is 12.4 Å². The number of carbonyl (C=O) groups is 1. The van der Waals surface area contributed by atoms with E-state index in [9.17, 15) is 4.79 Å². The molecule has 4 rings (SSSR count). The summed E-state index contributed by atoms with van der Waals surface area (Å²) >= 11 is 1.61. The second-order valence-electron chi connectivity index (χ2n) is 7.27. The summed E-state index contributed by atoms with van der Waals surface area (Å²) in [4.78, 5) is 21.0. The second-order valence-corrected chi connectivity index (χ2v) is 8.21. The molecule has 0 radical (unpaired) electrons. The highest BCUT2D eigenvalue weighted by Gasteiger charge is 2.13. The first kappa shape index (κ1) is 21.8. The third kappa shape index (κ3) is 5.42. The smallest absolute Gasteiger partial charge is 0.310 e. The van der Waals surface area contributed by atoms with Crippen molar-refractivity contribution >= 4 is 17.3 Å². The molecule has 164 valence electrons. The lowest BCUT2D eigenvalue weighted by molar-refractivity contribution is -0.139. The molecule has 32 heavy (non-hydrogen) atoms. The van der Waals surface area contributed by atoms with Crippen molar-refractivity contribution in [1.82, 2.24) is 9.97 Å². The van der Waals surface area contributed by atoms with Gasteiger partial charge in [-0.2, -0.15) is 0 Å². The molecular weight excluding hydrogens is 424 g/mol. The van der Waals surface area contributed by atoms with Crippen molar-refractivity contribution in [3.05, 3.63) is 87.7 Å². The van der Waals surface area contributed by atoms with Gasteiger partial charge in [-0.25, -0.2) is 9.97 Å². The van der Waals surface area contributed by atoms with Gasteiger partial charge in [0.05, 0.1) is 29.9 Å². The number of para-hydroxylation sites is 1. The number of carbonyl (C=O) groups excluding carboxylic acids is 1. The van der Waals surface area contributed by atoms with Gasteiger partial charge < -0.3 is 13.9 Å². The molecule has 0 spiro atoms. The maximum absolute atomic E-state index is 11.6. The van der Waals surface area contributed by atoms with Gasteiger partial charge in [-0.1, -0.05) is 36.4 Å². The Morgan fingerprint density at radius 2 is 1.81 bits per heavy atom. The highest BCUT2D eigenvalue weighted by atomic mass is 32.1. The molecule has 0 aliphatic heterocycles. The fraction of sp³-hybridized carbons (Fsp3) is 0.240. The van der Waals surface area contributed by atoms with E-state index in [4.69, 9.17) is 13.9 Å². The van der Waals surface area contributed by atoms with Crippen LogP contribution in [0.15, 0.2) is 64.4 Å². The van der Waals surface area contributed by atoms with Crippen LogP contribution in [0, 0.1) is 6.92 Å². The number of aromatic nitrogens is 2. The first-order chi connectivity index (χ1) is 15.6. The molecule has 0 aliphatic rings. The minimum Gasteiger partial charge on any atom is -0.487 e. The topological polar surface area (TPSA) is 74.5 Å². The summed E-state index contributed by atoms with van der Waals surface area (Å²) in [5.41, 5.74) is 3.59. The number of thiazole rings is 1. The number of esters is 1. The number of methoxy groups -OCH3 is 1. The van der Waals surface area contributed by atoms with E-state index in [2.05, 4.69) is 9.97 Å². The Morgan fingerprint density at radius 3 is 2.62 bits per heavy atom. The van der Waals surface area contributed by atoms with E-state index < -0.39 is 0 Å². The summed E-state index contributed by atoms with van der Waals surface area (Å²) in [6.45, 7) is 2.29. The third-order valence-electron chi connectivity index (χ3n) is 5.00. The predicted molar refractivity (Wildman–Crippen MR) is 123 cm³/mol. The van der Waals surface area contributed by atoms with Crippen LogP contribution in [0.25, 0.3) is 11.5 Å². The van der Waals surface area contributed by atoms with Gasteiger partial charge in [0.25, 0.3) is 0 Å². The quantitative estimate of drug-likeness (QED) is 0.328. The molecule has 0 saturated heterocycles. The number of hydrogen-bond donors (Lipinski definition) is 0. The molecule has 4 aromatic rings. The zero-order chi connectivity index (χ0) is 22.3. The number of aryl methyl sites for hydroxylation is 3. The number of nitrogens with zero attached hydrogens (tertiary/aromatic N) is 2. The molecular formula is C25H24N2O4S. The van der Waals surface area contributed by atoms with E-state index in [1.165, 1.54) is 7.11 Å². The fourth-order valence-electron chi connectivity index (χ4n) is 3.29. The van der Waals surface area contributed by atoms with Crippen molar-refractivity contribution < 1.29 is 18.7 Å². The molecule has 0 bridgehead atoms. The summed E-state index contributed by atoms with van der Waals surface area (Å²) in [6, 6.07) is 17.4. The zero-order valence-corrected chi connectivity index (χ0v) is 18.9. The first-order valence-corrected chi connectivity index (χ1v) is 11.2. The van der Waals surface area contributed by atoms with Crippen molar-refractivity contribution in [3.8, 4) is 17.2 Å². The Hall–Kier alpha value is -3.45. The van der Waals surface area contributed by atoms with E-state index >= 15 is 0 Å². The maximum atomic E-state index is 11.6. The molecule has 0 aliphatic carbocycles. The summed E-state index contributed by atoms with van der Waals surface area (Å²) < 4.78 is 16.5. The number of benzene rings is 2. The molecule has 0 amide bonds. The normalized spacial score (nSPS) is 10.8. The number of rotatable bonds is 9. The molecule has 0 atom stereocenters. The van der Waals surface area contributed by atoms with Gasteiger partial charge in [0.15, 0.2) is 0 Å². The maximum Gasteiger partial charge on any atom is 0.310 e. The molecule has 0 saturated carbocycles. The molecule has 0 unspecified atom stereocenters. The summed E-state index contributed by atoms with van der Waals surface area (Å²) in [7, 11) is 1.38. The van der Waals surface area contributed by atoms with E-state index in [1.807, 2.05) is 66.9 Å². The van der Waals surface area contributed by atoms with E-state index in [1.54, 1.807) is 11.3 Å². The Morgan fingerprint density at radius 1 is 1.03 bits per heavy atom. The van der Waals surface area contributed by atoms with Crippen LogP contribution < -0.4 is 4.74 Å². The Bertz CT molecular complexity index is 1180. The Balaban J connectivity index is 1.35. The van der Waals surface area contributed by atoms with E-state index in [0.29, 0.717) is 18.2 Å². The average Bonchev–Trinajstić information content (AvgIpc) is 3.43. The largest absolute Gasteiger partial charge is 0.487 e. The lowest BCUT2D eigenvalue weighted by Crippen LogP contribution is -2.07. The first-order valence-electron chi connectivity index (χ1n) is 10.3. The SMILES string of the molecule is COC(=O)Cc1ccccc1OCc1csc(CCc2nc(-c3ccccc3)oc2C)n1. The number of oxazole rings is 1. The van der Waals surface area contributed by atoms with Crippen LogP contribution in [-0.2, 0) is 35.4 Å². The molecule has 2 aromatic heterocycles. The van der Waals surface area contributed by atoms with Gasteiger partial charge in [0.1, 0.15) is 18.1 Å². The van der Waals surface area contributed by atoms with Gasteiger partial charge in [0, 0.05) is 22.9 Å². The van der Waals surface area contributed by atoms with Crippen LogP contribution in [-0.4, -0.2) is 23.0 Å². The summed E-state index contributed by atoms with van der Waals surface area (Å²) in [5, 5.41) is 3.03. The Labute approximate surface area is 190 Å². The van der Waals surface area contributed by atoms with Crippen LogP contribution >= 0.6 is 11.3 Å². The lowest BCUT2D eigenvalue weighted by atomic mass is 10.1. The van der Waals surface area contributed by atoms with Gasteiger partial charge in [-0.15, -0.1) is 11.3 Å². The van der Waals surface area contributed by atoms with Gasteiger partial charge >= 0.3 is 5.97 Å². The third-order valence-corrected chi connectivity index (χ3v) is 5.96. The van der Waals surface area contributed by atoms with Crippen LogP contribution in [0.5, 0.6) is 5.75 Å². The van der Waals surface area contributed by atoms with Crippen LogP contribution in [0.2, 0.25) is 0 Å². The Kier molecular flexibility index (Phi) is 6.97. The van der Waals surface area contributed by atoms with Crippen LogP contribution in [0.3, 0.4) is 0 Å². The number of hydrogen-bond acceptors (Lipinski definition) is 7. The van der Waals surface area contributed by atoms with Crippen molar-refractivity contribution in [2.45, 2.75) is 32.8 Å². The van der Waals surface area contributed by atoms with Crippen molar-refractivity contribution in [1.29, 1.82) is 0 Å². The van der Waals surface area contributed by atoms with Crippen LogP contribution in [0.4, 0.5) is 0 Å². The number of ether oxygens (including phenoxy) is 2. The van der Waals surface area contributed by atoms with Crippen LogP contribution in [0.1, 0.15) is 27.7 Å². The molecule has 2 aromatic carbocycles. The zero-order valence-electron chi connectivity index (χ0n) is 18.0. The molecule has 6 nitrogen and oxygen atoms in total. The summed E-state index contributed by atoms with van der Waals surface area (Å²) in [5.74, 6) is 1.86. The second kappa shape index (κ2) is 10.2. The summed E-state index contributed by atoms with van der Waals surface area (Å²) in [6.07, 6.45) is 1.72. The van der Waals surface area contributed by atoms with Crippen molar-refractivity contribution in [2.75, 3.05) is 7.11 Å². The van der Waals surface area contributed by atoms with Crippen molar-refractivity contribution in [2.24, 2.45) is 0 Å². The van der Waals surface area contributed by atoms with Gasteiger partial charge in [-0.3, -0.25) is 4.79 Å². The predicted octanol–water partition coefficient (Wildman–Crippen LogP) is 5.19. The standard InChI is InChI=1S/C25H24N2O4S/c1-17-21(27-25(31-17)18-8-4-3-5-9-18)12-13-23-26-20(16-32-23)15-30-22-11-7-6-10-19(22)14-24(28)29-2/h3-11,16H,12-15H2,1-2H3. The molecule has 0 N–H and O–H groups in total. The lowest BCUT2D eigenvalue weighted by Gasteiger charge is -2.09. The minimum atomic E-state index is -0.296. The molecule has 7 heteroatoms. The highest BCUT2D eigenvalue weighted by molar-refractivity contribution is 7.09. The fourth-order valence-corrected chi connectivity index (χ4v) is 4.07. The van der Waals surface area contributed by atoms with Crippen molar-refractivity contribution in [3.63, 3.8) is 0 Å².